The number of rotatable bonds is 2. The maximum absolute atomic E-state index is 13.6. The molecule has 0 aliphatic rings. The van der Waals surface area contributed by atoms with Gasteiger partial charge in [-0.05, 0) is 66.0 Å². The molecule has 2 aromatic heterocycles. The molecule has 0 saturated carbocycles. The van der Waals surface area contributed by atoms with Crippen LogP contribution in [0.25, 0.3) is 33.3 Å². The third-order valence-electron chi connectivity index (χ3n) is 4.28. The third kappa shape index (κ3) is 2.76. The molecule has 0 atom stereocenters. The molecule has 26 heavy (non-hydrogen) atoms. The first kappa shape index (κ1) is 16.4. The molecule has 0 unspecified atom stereocenters. The molecule has 0 spiro atoms. The van der Waals surface area contributed by atoms with Crippen molar-refractivity contribution in [2.45, 2.75) is 6.92 Å². The van der Waals surface area contributed by atoms with Crippen LogP contribution in [0.15, 0.2) is 60.9 Å². The van der Waals surface area contributed by atoms with Gasteiger partial charge in [0.25, 0.3) is 0 Å². The summed E-state index contributed by atoms with van der Waals surface area (Å²) in [7, 11) is 0. The first-order chi connectivity index (χ1) is 12.5. The van der Waals surface area contributed by atoms with Crippen molar-refractivity contribution in [1.29, 1.82) is 0 Å². The van der Waals surface area contributed by atoms with E-state index in [1.165, 1.54) is 6.07 Å². The molecule has 0 fully saturated rings. The smallest absolute Gasteiger partial charge is 0.256 e. The summed E-state index contributed by atoms with van der Waals surface area (Å²) in [5.41, 5.74) is 4.63. The summed E-state index contributed by atoms with van der Waals surface area (Å²) >= 11 is 5.53. The van der Waals surface area contributed by atoms with E-state index in [1.807, 2.05) is 24.3 Å². The van der Waals surface area contributed by atoms with Gasteiger partial charge in [-0.15, -0.1) is 0 Å². The normalized spacial score (nSPS) is 11.0. The molecule has 0 bridgehead atoms. The van der Waals surface area contributed by atoms with E-state index in [0.717, 1.165) is 32.5 Å². The SMILES string of the molecule is Cc1cc(-c2ncccc2-c2ccc3c(cnn3C(=O)Cl)c2)ccc1F. The highest BCUT2D eigenvalue weighted by Crippen LogP contribution is 2.32. The van der Waals surface area contributed by atoms with Crippen LogP contribution in [0.2, 0.25) is 0 Å². The van der Waals surface area contributed by atoms with Crippen molar-refractivity contribution < 1.29 is 9.18 Å². The van der Waals surface area contributed by atoms with Crippen molar-refractivity contribution >= 4 is 27.9 Å². The second-order valence-electron chi connectivity index (χ2n) is 5.95. The highest BCUT2D eigenvalue weighted by molar-refractivity contribution is 6.63. The number of halogens is 2. The molecule has 0 aliphatic heterocycles. The van der Waals surface area contributed by atoms with Gasteiger partial charge in [-0.3, -0.25) is 9.78 Å². The van der Waals surface area contributed by atoms with Crippen molar-refractivity contribution in [1.82, 2.24) is 14.8 Å². The van der Waals surface area contributed by atoms with Crippen LogP contribution in [0.1, 0.15) is 5.56 Å². The van der Waals surface area contributed by atoms with Crippen LogP contribution in [0.5, 0.6) is 0 Å². The van der Waals surface area contributed by atoms with Gasteiger partial charge < -0.3 is 0 Å². The molecule has 0 radical (unpaired) electrons. The average Bonchev–Trinajstić information content (AvgIpc) is 3.07. The summed E-state index contributed by atoms with van der Waals surface area (Å²) in [6.45, 7) is 1.73. The molecule has 2 heterocycles. The van der Waals surface area contributed by atoms with Gasteiger partial charge in [0.05, 0.1) is 17.4 Å². The Kier molecular flexibility index (Phi) is 4.01. The highest BCUT2D eigenvalue weighted by atomic mass is 35.5. The minimum atomic E-state index is -0.656. The van der Waals surface area contributed by atoms with Crippen molar-refractivity contribution in [3.8, 4) is 22.4 Å². The summed E-state index contributed by atoms with van der Waals surface area (Å²) in [6, 6.07) is 14.4. The van der Waals surface area contributed by atoms with Gasteiger partial charge in [-0.2, -0.15) is 9.78 Å². The molecule has 4 rings (SSSR count). The second-order valence-corrected chi connectivity index (χ2v) is 6.27. The van der Waals surface area contributed by atoms with Gasteiger partial charge in [-0.25, -0.2) is 4.39 Å². The van der Waals surface area contributed by atoms with Crippen LogP contribution in [-0.2, 0) is 0 Å². The predicted octanol–water partition coefficient (Wildman–Crippen LogP) is 5.42. The number of aromatic nitrogens is 3. The lowest BCUT2D eigenvalue weighted by molar-refractivity contribution is 0.259. The van der Waals surface area contributed by atoms with Gasteiger partial charge in [0.15, 0.2) is 0 Å². The van der Waals surface area contributed by atoms with Crippen LogP contribution >= 0.6 is 11.6 Å². The Labute approximate surface area is 153 Å². The molecule has 0 N–H and O–H groups in total. The average molecular weight is 366 g/mol. The van der Waals surface area contributed by atoms with Crippen LogP contribution in [0, 0.1) is 12.7 Å². The van der Waals surface area contributed by atoms with Crippen molar-refractivity contribution in [2.75, 3.05) is 0 Å². The minimum Gasteiger partial charge on any atom is -0.256 e. The van der Waals surface area contributed by atoms with Crippen LogP contribution in [0.3, 0.4) is 0 Å². The summed E-state index contributed by atoms with van der Waals surface area (Å²) in [5.74, 6) is -0.245. The monoisotopic (exact) mass is 365 g/mol. The molecular formula is C20H13ClFN3O. The lowest BCUT2D eigenvalue weighted by atomic mass is 9.97. The third-order valence-corrected chi connectivity index (χ3v) is 4.44. The minimum absolute atomic E-state index is 0.245. The Balaban J connectivity index is 1.87. The number of carbonyl (C=O) groups excluding carboxylic acids is 1. The number of fused-ring (bicyclic) bond motifs is 1. The van der Waals surface area contributed by atoms with E-state index in [0.29, 0.717) is 11.1 Å². The Morgan fingerprint density at radius 2 is 1.92 bits per heavy atom. The number of aryl methyl sites for hydroxylation is 1. The lowest BCUT2D eigenvalue weighted by Crippen LogP contribution is -2.02. The first-order valence-corrected chi connectivity index (χ1v) is 8.32. The fourth-order valence-electron chi connectivity index (χ4n) is 3.00. The van der Waals surface area contributed by atoms with E-state index in [4.69, 9.17) is 11.6 Å². The maximum atomic E-state index is 13.6. The predicted molar refractivity (Wildman–Crippen MR) is 99.7 cm³/mol. The number of benzene rings is 2. The van der Waals surface area contributed by atoms with E-state index >= 15 is 0 Å². The first-order valence-electron chi connectivity index (χ1n) is 7.94. The number of hydrogen-bond acceptors (Lipinski definition) is 3. The molecule has 0 amide bonds. The zero-order chi connectivity index (χ0) is 18.3. The van der Waals surface area contributed by atoms with Crippen molar-refractivity contribution in [3.63, 3.8) is 0 Å². The molecular weight excluding hydrogens is 353 g/mol. The highest BCUT2D eigenvalue weighted by Gasteiger charge is 2.13. The quantitative estimate of drug-likeness (QED) is 0.445. The van der Waals surface area contributed by atoms with E-state index in [9.17, 15) is 9.18 Å². The Bertz CT molecular complexity index is 1150. The zero-order valence-corrected chi connectivity index (χ0v) is 14.5. The van der Waals surface area contributed by atoms with E-state index < -0.39 is 5.37 Å². The molecule has 2 aromatic carbocycles. The van der Waals surface area contributed by atoms with Gasteiger partial charge in [0.1, 0.15) is 5.82 Å². The Morgan fingerprint density at radius 1 is 1.12 bits per heavy atom. The molecule has 4 aromatic rings. The number of carbonyl (C=O) groups is 1. The van der Waals surface area contributed by atoms with Gasteiger partial charge in [0.2, 0.25) is 0 Å². The number of pyridine rings is 1. The fourth-order valence-corrected chi connectivity index (χ4v) is 3.14. The molecule has 0 aliphatic carbocycles. The van der Waals surface area contributed by atoms with E-state index in [-0.39, 0.29) is 5.82 Å². The largest absolute Gasteiger partial charge is 0.341 e. The molecule has 0 saturated heterocycles. The fraction of sp³-hybridized carbons (Fsp3) is 0.0500. The maximum Gasteiger partial charge on any atom is 0.341 e. The van der Waals surface area contributed by atoms with E-state index in [2.05, 4.69) is 10.1 Å². The van der Waals surface area contributed by atoms with Crippen LogP contribution in [0.4, 0.5) is 9.18 Å². The summed E-state index contributed by atoms with van der Waals surface area (Å²) in [5, 5.41) is 4.15. The summed E-state index contributed by atoms with van der Waals surface area (Å²) in [6.07, 6.45) is 3.30. The Hall–Kier alpha value is -3.05. The number of hydrogen-bond donors (Lipinski definition) is 0. The van der Waals surface area contributed by atoms with Crippen molar-refractivity contribution in [3.05, 3.63) is 72.3 Å². The molecule has 6 heteroatoms. The van der Waals surface area contributed by atoms with Crippen LogP contribution in [-0.4, -0.2) is 20.1 Å². The standard InChI is InChI=1S/C20H13ClFN3O/c1-12-9-14(4-6-17(12)22)19-16(3-2-8-23-19)13-5-7-18-15(10-13)11-24-25(18)20(21)26/h2-11H,1H3. The second kappa shape index (κ2) is 6.35. The zero-order valence-electron chi connectivity index (χ0n) is 13.8. The summed E-state index contributed by atoms with van der Waals surface area (Å²) < 4.78 is 14.8. The van der Waals surface area contributed by atoms with Gasteiger partial charge in [-0.1, -0.05) is 12.1 Å². The van der Waals surface area contributed by atoms with Crippen LogP contribution < -0.4 is 0 Å². The van der Waals surface area contributed by atoms with Gasteiger partial charge in [0, 0.05) is 22.7 Å². The van der Waals surface area contributed by atoms with Crippen molar-refractivity contribution in [2.24, 2.45) is 0 Å². The van der Waals surface area contributed by atoms with Gasteiger partial charge >= 0.3 is 5.37 Å². The van der Waals surface area contributed by atoms with E-state index in [1.54, 1.807) is 37.5 Å². The molecule has 4 nitrogen and oxygen atoms in total. The topological polar surface area (TPSA) is 47.8 Å². The molecule has 128 valence electrons. The Morgan fingerprint density at radius 3 is 2.69 bits per heavy atom. The number of nitrogens with zero attached hydrogens (tertiary/aromatic N) is 3. The summed E-state index contributed by atoms with van der Waals surface area (Å²) in [4.78, 5) is 15.9. The lowest BCUT2D eigenvalue weighted by Gasteiger charge is -2.10.